The summed E-state index contributed by atoms with van der Waals surface area (Å²) in [6, 6.07) is 7.30. The third-order valence-electron chi connectivity index (χ3n) is 2.37. The highest BCUT2D eigenvalue weighted by Gasteiger charge is 2.10. The molecule has 0 unspecified atom stereocenters. The van der Waals surface area contributed by atoms with Crippen LogP contribution in [0.3, 0.4) is 0 Å². The molecule has 1 aromatic rings. The molecule has 1 rings (SSSR count). The van der Waals surface area contributed by atoms with Gasteiger partial charge in [-0.25, -0.2) is 0 Å². The van der Waals surface area contributed by atoms with Crippen LogP contribution < -0.4 is 9.47 Å². The van der Waals surface area contributed by atoms with E-state index in [4.69, 9.17) is 14.7 Å². The summed E-state index contributed by atoms with van der Waals surface area (Å²) in [5, 5.41) is 8.88. The van der Waals surface area contributed by atoms with Crippen molar-refractivity contribution >= 4 is 0 Å². The van der Waals surface area contributed by atoms with Gasteiger partial charge in [0.05, 0.1) is 25.3 Å². The molecule has 1 aromatic carbocycles. The Morgan fingerprint density at radius 1 is 1.18 bits per heavy atom. The predicted octanol–water partition coefficient (Wildman–Crippen LogP) is 3.38. The van der Waals surface area contributed by atoms with Crippen molar-refractivity contribution in [1.29, 1.82) is 5.26 Å². The van der Waals surface area contributed by atoms with E-state index >= 15 is 0 Å². The van der Waals surface area contributed by atoms with Gasteiger partial charge in [-0.3, -0.25) is 0 Å². The first-order valence-corrected chi connectivity index (χ1v) is 5.66. The van der Waals surface area contributed by atoms with Crippen molar-refractivity contribution < 1.29 is 9.47 Å². The lowest BCUT2D eigenvalue weighted by molar-refractivity contribution is 0.242. The molecule has 0 saturated heterocycles. The fraction of sp³-hybridized carbons (Fsp3) is 0.500. The van der Waals surface area contributed by atoms with E-state index in [1.165, 1.54) is 0 Å². The van der Waals surface area contributed by atoms with Gasteiger partial charge in [-0.1, -0.05) is 20.8 Å². The summed E-state index contributed by atoms with van der Waals surface area (Å²) in [6.07, 6.45) is 0.964. The van der Waals surface area contributed by atoms with Gasteiger partial charge in [0, 0.05) is 6.07 Å². The molecule has 0 atom stereocenters. The molecule has 0 aliphatic rings. The highest BCUT2D eigenvalue weighted by molar-refractivity contribution is 5.43. The normalized spacial score (nSPS) is 10.8. The van der Waals surface area contributed by atoms with Gasteiger partial charge < -0.3 is 9.47 Å². The molecular formula is C14H19NO2. The first-order chi connectivity index (χ1) is 7.94. The van der Waals surface area contributed by atoms with Gasteiger partial charge in [0.25, 0.3) is 0 Å². The van der Waals surface area contributed by atoms with Crippen molar-refractivity contribution in [3.8, 4) is 17.6 Å². The molecule has 0 spiro atoms. The Labute approximate surface area is 103 Å². The summed E-state index contributed by atoms with van der Waals surface area (Å²) >= 11 is 0. The number of nitriles is 1. The topological polar surface area (TPSA) is 42.2 Å². The van der Waals surface area contributed by atoms with E-state index in [0.717, 1.165) is 6.42 Å². The zero-order valence-corrected chi connectivity index (χ0v) is 10.9. The van der Waals surface area contributed by atoms with Crippen molar-refractivity contribution in [1.82, 2.24) is 0 Å². The Hall–Kier alpha value is -1.69. The first kappa shape index (κ1) is 13.4. The van der Waals surface area contributed by atoms with E-state index in [2.05, 4.69) is 26.8 Å². The lowest BCUT2D eigenvalue weighted by Crippen LogP contribution is -2.11. The average molecular weight is 233 g/mol. The highest BCUT2D eigenvalue weighted by Crippen LogP contribution is 2.24. The number of nitrogens with zero attached hydrogens (tertiary/aromatic N) is 1. The van der Waals surface area contributed by atoms with Gasteiger partial charge in [-0.05, 0) is 24.0 Å². The second-order valence-electron chi connectivity index (χ2n) is 5.17. The molecule has 0 radical (unpaired) electrons. The Bertz CT molecular complexity index is 413. The largest absolute Gasteiger partial charge is 0.497 e. The van der Waals surface area contributed by atoms with Crippen LogP contribution in [-0.2, 0) is 0 Å². The molecule has 0 amide bonds. The maximum Gasteiger partial charge on any atom is 0.124 e. The van der Waals surface area contributed by atoms with Crippen LogP contribution in [0.4, 0.5) is 0 Å². The van der Waals surface area contributed by atoms with Gasteiger partial charge in [-0.2, -0.15) is 5.26 Å². The summed E-state index contributed by atoms with van der Waals surface area (Å²) in [5.74, 6) is 1.33. The molecule has 0 aromatic heterocycles. The van der Waals surface area contributed by atoms with Crippen molar-refractivity contribution in [2.45, 2.75) is 27.2 Å². The van der Waals surface area contributed by atoms with Crippen LogP contribution in [0.5, 0.6) is 11.5 Å². The molecule has 3 heteroatoms. The van der Waals surface area contributed by atoms with Crippen LogP contribution in [0.25, 0.3) is 0 Å². The van der Waals surface area contributed by atoms with Crippen molar-refractivity contribution in [3.63, 3.8) is 0 Å². The van der Waals surface area contributed by atoms with Gasteiger partial charge in [0.2, 0.25) is 0 Å². The first-order valence-electron chi connectivity index (χ1n) is 5.66. The number of rotatable bonds is 4. The third kappa shape index (κ3) is 4.78. The Kier molecular flexibility index (Phi) is 4.39. The van der Waals surface area contributed by atoms with Gasteiger partial charge in [-0.15, -0.1) is 0 Å². The molecule has 92 valence electrons. The van der Waals surface area contributed by atoms with Crippen LogP contribution in [0.15, 0.2) is 18.2 Å². The van der Waals surface area contributed by atoms with E-state index < -0.39 is 0 Å². The number of hydrogen-bond donors (Lipinski definition) is 0. The average Bonchev–Trinajstić information content (AvgIpc) is 2.26. The smallest absolute Gasteiger partial charge is 0.124 e. The summed E-state index contributed by atoms with van der Waals surface area (Å²) in [6.45, 7) is 7.15. The van der Waals surface area contributed by atoms with E-state index in [1.54, 1.807) is 25.3 Å². The number of benzene rings is 1. The Morgan fingerprint density at radius 2 is 1.82 bits per heavy atom. The minimum absolute atomic E-state index is 0.247. The van der Waals surface area contributed by atoms with E-state index in [0.29, 0.717) is 23.7 Å². The number of methoxy groups -OCH3 is 1. The molecular weight excluding hydrogens is 214 g/mol. The molecule has 17 heavy (non-hydrogen) atoms. The van der Waals surface area contributed by atoms with Crippen LogP contribution in [0, 0.1) is 16.7 Å². The molecule has 0 bridgehead atoms. The quantitative estimate of drug-likeness (QED) is 0.800. The minimum Gasteiger partial charge on any atom is -0.497 e. The lowest BCUT2D eigenvalue weighted by atomic mass is 9.93. The van der Waals surface area contributed by atoms with Crippen molar-refractivity contribution in [2.75, 3.05) is 13.7 Å². The van der Waals surface area contributed by atoms with Crippen LogP contribution in [0.1, 0.15) is 32.8 Å². The second kappa shape index (κ2) is 5.58. The third-order valence-corrected chi connectivity index (χ3v) is 2.37. The molecule has 0 aliphatic carbocycles. The molecule has 0 saturated carbocycles. The summed E-state index contributed by atoms with van der Waals surface area (Å²) in [5.41, 5.74) is 0.798. The van der Waals surface area contributed by atoms with Gasteiger partial charge in [0.15, 0.2) is 0 Å². The SMILES string of the molecule is COc1cc(C#N)cc(OCCC(C)(C)C)c1. The molecule has 0 heterocycles. The monoisotopic (exact) mass is 233 g/mol. The standard InChI is InChI=1S/C14H19NO2/c1-14(2,3)5-6-17-13-8-11(10-15)7-12(9-13)16-4/h7-9H,5-6H2,1-4H3. The maximum absolute atomic E-state index is 8.88. The van der Waals surface area contributed by atoms with Crippen LogP contribution in [0.2, 0.25) is 0 Å². The summed E-state index contributed by atoms with van der Waals surface area (Å²) in [4.78, 5) is 0. The van der Waals surface area contributed by atoms with E-state index in [1.807, 2.05) is 0 Å². The fourth-order valence-corrected chi connectivity index (χ4v) is 1.31. The number of hydrogen-bond acceptors (Lipinski definition) is 3. The highest BCUT2D eigenvalue weighted by atomic mass is 16.5. The zero-order chi connectivity index (χ0) is 12.9. The Balaban J connectivity index is 2.68. The van der Waals surface area contributed by atoms with Gasteiger partial charge in [0.1, 0.15) is 11.5 Å². The van der Waals surface area contributed by atoms with Crippen molar-refractivity contribution in [3.05, 3.63) is 23.8 Å². The second-order valence-corrected chi connectivity index (χ2v) is 5.17. The number of ether oxygens (including phenoxy) is 2. The zero-order valence-electron chi connectivity index (χ0n) is 10.9. The van der Waals surface area contributed by atoms with Crippen molar-refractivity contribution in [2.24, 2.45) is 5.41 Å². The van der Waals surface area contributed by atoms with Gasteiger partial charge >= 0.3 is 0 Å². The maximum atomic E-state index is 8.88. The lowest BCUT2D eigenvalue weighted by Gasteiger charge is -2.18. The molecule has 0 aliphatic heterocycles. The van der Waals surface area contributed by atoms with E-state index in [9.17, 15) is 0 Å². The van der Waals surface area contributed by atoms with Crippen LogP contribution >= 0.6 is 0 Å². The summed E-state index contributed by atoms with van der Waals surface area (Å²) < 4.78 is 10.7. The predicted molar refractivity (Wildman–Crippen MR) is 67.3 cm³/mol. The Morgan fingerprint density at radius 3 is 2.35 bits per heavy atom. The molecule has 0 N–H and O–H groups in total. The fourth-order valence-electron chi connectivity index (χ4n) is 1.31. The molecule has 3 nitrogen and oxygen atoms in total. The van der Waals surface area contributed by atoms with Crippen LogP contribution in [-0.4, -0.2) is 13.7 Å². The summed E-state index contributed by atoms with van der Waals surface area (Å²) in [7, 11) is 1.58. The van der Waals surface area contributed by atoms with E-state index in [-0.39, 0.29) is 5.41 Å². The minimum atomic E-state index is 0.247. The molecule has 0 fully saturated rings.